The summed E-state index contributed by atoms with van der Waals surface area (Å²) < 4.78 is 1.86. The van der Waals surface area contributed by atoms with E-state index in [-0.39, 0.29) is 5.84 Å². The Hall–Kier alpha value is -1.81. The minimum absolute atomic E-state index is 0.0861. The minimum atomic E-state index is 0.0861. The summed E-state index contributed by atoms with van der Waals surface area (Å²) >= 11 is 5.97. The minimum Gasteiger partial charge on any atom is -0.384 e. The van der Waals surface area contributed by atoms with Gasteiger partial charge in [0, 0.05) is 5.56 Å². The van der Waals surface area contributed by atoms with Gasteiger partial charge in [-0.05, 0) is 31.0 Å². The quantitative estimate of drug-likeness (QED) is 0.659. The molecule has 1 aromatic carbocycles. The normalized spacial score (nSPS) is 10.6. The lowest BCUT2D eigenvalue weighted by molar-refractivity contribution is 0.662. The summed E-state index contributed by atoms with van der Waals surface area (Å²) in [6.45, 7) is 4.61. The zero-order valence-electron chi connectivity index (χ0n) is 10.4. The summed E-state index contributed by atoms with van der Waals surface area (Å²) in [5.74, 6) is 0.0861. The zero-order valence-corrected chi connectivity index (χ0v) is 11.1. The van der Waals surface area contributed by atoms with Gasteiger partial charge in [-0.1, -0.05) is 23.7 Å². The highest BCUT2D eigenvalue weighted by Crippen LogP contribution is 2.17. The summed E-state index contributed by atoms with van der Waals surface area (Å²) in [4.78, 5) is 0. The third kappa shape index (κ3) is 2.38. The number of nitrogens with zero attached hydrogens (tertiary/aromatic N) is 2. The van der Waals surface area contributed by atoms with Crippen molar-refractivity contribution in [3.8, 4) is 0 Å². The van der Waals surface area contributed by atoms with Crippen molar-refractivity contribution in [2.45, 2.75) is 20.4 Å². The molecular formula is C13H15ClN4. The predicted octanol–water partition coefficient (Wildman–Crippen LogP) is 2.49. The van der Waals surface area contributed by atoms with Gasteiger partial charge in [-0.15, -0.1) is 0 Å². The van der Waals surface area contributed by atoms with E-state index in [0.29, 0.717) is 11.6 Å². The molecule has 1 heterocycles. The fourth-order valence-corrected chi connectivity index (χ4v) is 1.93. The maximum atomic E-state index is 7.40. The lowest BCUT2D eigenvalue weighted by Crippen LogP contribution is -2.12. The molecule has 0 fully saturated rings. The van der Waals surface area contributed by atoms with Gasteiger partial charge in [-0.25, -0.2) is 0 Å². The van der Waals surface area contributed by atoms with E-state index in [1.807, 2.05) is 36.7 Å². The van der Waals surface area contributed by atoms with Crippen molar-refractivity contribution in [1.29, 1.82) is 5.41 Å². The van der Waals surface area contributed by atoms with Gasteiger partial charge in [0.05, 0.1) is 23.5 Å². The molecule has 0 bridgehead atoms. The maximum absolute atomic E-state index is 7.40. The number of halogens is 1. The smallest absolute Gasteiger partial charge is 0.122 e. The van der Waals surface area contributed by atoms with Gasteiger partial charge in [0.25, 0.3) is 0 Å². The van der Waals surface area contributed by atoms with Crippen molar-refractivity contribution in [2.75, 3.05) is 0 Å². The molecule has 0 saturated heterocycles. The Morgan fingerprint density at radius 1 is 1.44 bits per heavy atom. The number of nitrogens with two attached hydrogens (primary N) is 1. The van der Waals surface area contributed by atoms with Gasteiger partial charge in [-0.3, -0.25) is 10.1 Å². The molecule has 2 aromatic rings. The standard InChI is InChI=1S/C13H15ClN4/c1-8-5-10(13(15)16)3-4-11(8)7-18-9(2)12(14)6-17-18/h3-6H,7H2,1-2H3,(H3,15,16). The number of amidine groups is 1. The Labute approximate surface area is 111 Å². The van der Waals surface area contributed by atoms with Crippen LogP contribution in [0.15, 0.2) is 24.4 Å². The molecule has 0 aliphatic carbocycles. The van der Waals surface area contributed by atoms with Crippen molar-refractivity contribution in [3.05, 3.63) is 51.8 Å². The monoisotopic (exact) mass is 262 g/mol. The number of benzene rings is 1. The fraction of sp³-hybridized carbons (Fsp3) is 0.231. The second kappa shape index (κ2) is 4.82. The van der Waals surface area contributed by atoms with Crippen molar-refractivity contribution in [2.24, 2.45) is 5.73 Å². The first-order valence-corrected chi connectivity index (χ1v) is 5.98. The third-order valence-corrected chi connectivity index (χ3v) is 3.39. The van der Waals surface area contributed by atoms with Crippen LogP contribution in [-0.2, 0) is 6.54 Å². The molecule has 0 amide bonds. The first-order chi connectivity index (χ1) is 8.49. The second-order valence-electron chi connectivity index (χ2n) is 4.29. The molecule has 1 aromatic heterocycles. The number of aromatic nitrogens is 2. The van der Waals surface area contributed by atoms with Crippen LogP contribution in [0.2, 0.25) is 5.02 Å². The second-order valence-corrected chi connectivity index (χ2v) is 4.70. The Kier molecular flexibility index (Phi) is 3.39. The predicted molar refractivity (Wildman–Crippen MR) is 73.3 cm³/mol. The van der Waals surface area contributed by atoms with Crippen LogP contribution >= 0.6 is 11.6 Å². The molecule has 0 radical (unpaired) electrons. The van der Waals surface area contributed by atoms with E-state index >= 15 is 0 Å². The van der Waals surface area contributed by atoms with Gasteiger partial charge in [0.15, 0.2) is 0 Å². The van der Waals surface area contributed by atoms with E-state index in [1.54, 1.807) is 6.20 Å². The Morgan fingerprint density at radius 2 is 2.17 bits per heavy atom. The molecule has 2 rings (SSSR count). The lowest BCUT2D eigenvalue weighted by atomic mass is 10.0. The number of nitrogens with one attached hydrogen (secondary N) is 1. The van der Waals surface area contributed by atoms with Crippen LogP contribution in [0.3, 0.4) is 0 Å². The van der Waals surface area contributed by atoms with Gasteiger partial charge in [-0.2, -0.15) is 5.10 Å². The fourth-order valence-electron chi connectivity index (χ4n) is 1.79. The topological polar surface area (TPSA) is 67.7 Å². The summed E-state index contributed by atoms with van der Waals surface area (Å²) in [5.41, 5.74) is 9.39. The number of aryl methyl sites for hydroxylation is 1. The average molecular weight is 263 g/mol. The molecule has 0 aliphatic heterocycles. The highest BCUT2D eigenvalue weighted by molar-refractivity contribution is 6.31. The number of hydrogen-bond acceptors (Lipinski definition) is 2. The molecule has 4 nitrogen and oxygen atoms in total. The van der Waals surface area contributed by atoms with Crippen LogP contribution in [0.25, 0.3) is 0 Å². The largest absolute Gasteiger partial charge is 0.384 e. The van der Waals surface area contributed by atoms with Crippen LogP contribution in [0.5, 0.6) is 0 Å². The van der Waals surface area contributed by atoms with Gasteiger partial charge < -0.3 is 5.73 Å². The Morgan fingerprint density at radius 3 is 2.67 bits per heavy atom. The molecule has 3 N–H and O–H groups in total. The zero-order chi connectivity index (χ0) is 13.3. The number of hydrogen-bond donors (Lipinski definition) is 2. The molecule has 0 saturated carbocycles. The maximum Gasteiger partial charge on any atom is 0.122 e. The number of rotatable bonds is 3. The third-order valence-electron chi connectivity index (χ3n) is 3.02. The highest BCUT2D eigenvalue weighted by atomic mass is 35.5. The van der Waals surface area contributed by atoms with Crippen molar-refractivity contribution in [1.82, 2.24) is 9.78 Å². The molecule has 0 unspecified atom stereocenters. The summed E-state index contributed by atoms with van der Waals surface area (Å²) in [6.07, 6.45) is 1.65. The van der Waals surface area contributed by atoms with E-state index < -0.39 is 0 Å². The first-order valence-electron chi connectivity index (χ1n) is 5.61. The lowest BCUT2D eigenvalue weighted by Gasteiger charge is -2.09. The van der Waals surface area contributed by atoms with Gasteiger partial charge >= 0.3 is 0 Å². The number of nitrogen functional groups attached to an aromatic ring is 1. The molecular weight excluding hydrogens is 248 g/mol. The van der Waals surface area contributed by atoms with E-state index in [2.05, 4.69) is 5.10 Å². The van der Waals surface area contributed by atoms with E-state index in [4.69, 9.17) is 22.7 Å². The Balaban J connectivity index is 2.30. The van der Waals surface area contributed by atoms with E-state index in [0.717, 1.165) is 22.4 Å². The molecule has 5 heteroatoms. The highest BCUT2D eigenvalue weighted by Gasteiger charge is 2.07. The van der Waals surface area contributed by atoms with Gasteiger partial charge in [0.2, 0.25) is 0 Å². The summed E-state index contributed by atoms with van der Waals surface area (Å²) in [5, 5.41) is 12.3. The van der Waals surface area contributed by atoms with Crippen molar-refractivity contribution < 1.29 is 0 Å². The SMILES string of the molecule is Cc1cc(C(=N)N)ccc1Cn1ncc(Cl)c1C. The van der Waals surface area contributed by atoms with Crippen molar-refractivity contribution >= 4 is 17.4 Å². The first kappa shape index (κ1) is 12.6. The van der Waals surface area contributed by atoms with Crippen LogP contribution in [-0.4, -0.2) is 15.6 Å². The van der Waals surface area contributed by atoms with Crippen LogP contribution in [0.4, 0.5) is 0 Å². The molecule has 18 heavy (non-hydrogen) atoms. The Bertz CT molecular complexity index is 601. The van der Waals surface area contributed by atoms with Crippen LogP contribution < -0.4 is 5.73 Å². The van der Waals surface area contributed by atoms with E-state index in [9.17, 15) is 0 Å². The average Bonchev–Trinajstić information content (AvgIpc) is 2.63. The summed E-state index contributed by atoms with van der Waals surface area (Å²) in [7, 11) is 0. The molecule has 0 spiro atoms. The van der Waals surface area contributed by atoms with Crippen LogP contribution in [0.1, 0.15) is 22.4 Å². The molecule has 94 valence electrons. The molecule has 0 atom stereocenters. The van der Waals surface area contributed by atoms with E-state index in [1.165, 1.54) is 0 Å². The summed E-state index contributed by atoms with van der Waals surface area (Å²) in [6, 6.07) is 5.74. The van der Waals surface area contributed by atoms with Crippen molar-refractivity contribution in [3.63, 3.8) is 0 Å². The van der Waals surface area contributed by atoms with Crippen LogP contribution in [0, 0.1) is 19.3 Å². The van der Waals surface area contributed by atoms with Gasteiger partial charge in [0.1, 0.15) is 5.84 Å². The molecule has 0 aliphatic rings.